The van der Waals surface area contributed by atoms with Gasteiger partial charge in [-0.15, -0.1) is 0 Å². The quantitative estimate of drug-likeness (QED) is 0.506. The normalized spacial score (nSPS) is 20.2. The van der Waals surface area contributed by atoms with Gasteiger partial charge in [-0.05, 0) is 0 Å². The molecule has 1 heterocycles. The maximum Gasteiger partial charge on any atom is 0.152 e. The molecule has 0 aromatic heterocycles. The number of fused-ring (bicyclic) bond motifs is 1. The molecule has 0 fully saturated rings. The number of carbonyl (C=O) groups is 1. The fourth-order valence-electron chi connectivity index (χ4n) is 1.15. The molecule has 0 saturated carbocycles. The van der Waals surface area contributed by atoms with Crippen molar-refractivity contribution in [2.75, 3.05) is 0 Å². The molecule has 0 saturated heterocycles. The third-order valence-electron chi connectivity index (χ3n) is 1.68. The number of rotatable bonds is 1. The zero-order valence-corrected chi connectivity index (χ0v) is 5.82. The van der Waals surface area contributed by atoms with Crippen LogP contribution in [0.25, 0.3) is 0 Å². The fraction of sp³-hybridized carbons (Fsp3) is 0.125. The molecule has 0 aromatic rings. The standard InChI is InChI=1S/C8H6N2O/c11-4-6-2-1-3-7-8(6)10-5-9-7/h1-2,4-5H,3H2. The van der Waals surface area contributed by atoms with Crippen LogP contribution in [0.2, 0.25) is 0 Å². The monoisotopic (exact) mass is 146 g/mol. The number of aldehydes is 1. The minimum absolute atomic E-state index is 0.628. The number of hydrogen-bond acceptors (Lipinski definition) is 3. The van der Waals surface area contributed by atoms with Gasteiger partial charge in [0.05, 0.1) is 11.4 Å². The summed E-state index contributed by atoms with van der Waals surface area (Å²) >= 11 is 0. The third-order valence-corrected chi connectivity index (χ3v) is 1.68. The van der Waals surface area contributed by atoms with E-state index in [4.69, 9.17) is 0 Å². The Morgan fingerprint density at radius 3 is 3.27 bits per heavy atom. The zero-order chi connectivity index (χ0) is 7.68. The van der Waals surface area contributed by atoms with Crippen molar-refractivity contribution in [2.45, 2.75) is 6.42 Å². The van der Waals surface area contributed by atoms with Crippen molar-refractivity contribution in [3.63, 3.8) is 0 Å². The van der Waals surface area contributed by atoms with Crippen LogP contribution in [0, 0.1) is 0 Å². The SMILES string of the molecule is O=CC1=C2N=CN=C2CC=C1. The highest BCUT2D eigenvalue weighted by molar-refractivity contribution is 6.13. The molecule has 0 atom stereocenters. The molecule has 54 valence electrons. The van der Waals surface area contributed by atoms with Crippen LogP contribution in [0.5, 0.6) is 0 Å². The predicted octanol–water partition coefficient (Wildman–Crippen LogP) is 0.882. The molecule has 1 aliphatic carbocycles. The lowest BCUT2D eigenvalue weighted by Crippen LogP contribution is -2.04. The van der Waals surface area contributed by atoms with Crippen molar-refractivity contribution in [1.29, 1.82) is 0 Å². The van der Waals surface area contributed by atoms with E-state index in [1.54, 1.807) is 6.08 Å². The van der Waals surface area contributed by atoms with Crippen LogP contribution in [0.4, 0.5) is 0 Å². The van der Waals surface area contributed by atoms with Crippen molar-refractivity contribution < 1.29 is 4.79 Å². The second-order valence-corrected chi connectivity index (χ2v) is 2.35. The Balaban J connectivity index is 2.54. The maximum absolute atomic E-state index is 10.5. The molecule has 0 aromatic carbocycles. The van der Waals surface area contributed by atoms with Gasteiger partial charge in [-0.1, -0.05) is 12.2 Å². The molecule has 2 rings (SSSR count). The Kier molecular flexibility index (Phi) is 1.28. The average Bonchev–Trinajstić information content (AvgIpc) is 2.50. The van der Waals surface area contributed by atoms with Crippen LogP contribution >= 0.6 is 0 Å². The summed E-state index contributed by atoms with van der Waals surface area (Å²) in [5.74, 6) is 0. The van der Waals surface area contributed by atoms with Gasteiger partial charge >= 0.3 is 0 Å². The lowest BCUT2D eigenvalue weighted by molar-refractivity contribution is -0.104. The van der Waals surface area contributed by atoms with E-state index in [2.05, 4.69) is 9.98 Å². The van der Waals surface area contributed by atoms with Crippen LogP contribution < -0.4 is 0 Å². The highest BCUT2D eigenvalue weighted by Crippen LogP contribution is 2.19. The fourth-order valence-corrected chi connectivity index (χ4v) is 1.15. The van der Waals surface area contributed by atoms with Crippen molar-refractivity contribution in [2.24, 2.45) is 9.98 Å². The molecule has 2 aliphatic rings. The highest BCUT2D eigenvalue weighted by Gasteiger charge is 2.15. The van der Waals surface area contributed by atoms with Gasteiger partial charge in [0.2, 0.25) is 0 Å². The lowest BCUT2D eigenvalue weighted by atomic mass is 10.0. The second-order valence-electron chi connectivity index (χ2n) is 2.35. The summed E-state index contributed by atoms with van der Waals surface area (Å²) < 4.78 is 0. The van der Waals surface area contributed by atoms with Gasteiger partial charge in [0, 0.05) is 12.0 Å². The Labute approximate surface area is 63.9 Å². The van der Waals surface area contributed by atoms with Crippen molar-refractivity contribution >= 4 is 18.3 Å². The summed E-state index contributed by atoms with van der Waals surface area (Å²) in [6.45, 7) is 0. The zero-order valence-electron chi connectivity index (χ0n) is 5.82. The van der Waals surface area contributed by atoms with Crippen LogP contribution in [0.15, 0.2) is 33.4 Å². The van der Waals surface area contributed by atoms with E-state index in [1.807, 2.05) is 6.08 Å². The molecule has 0 bridgehead atoms. The number of hydrogen-bond donors (Lipinski definition) is 0. The molecule has 1 aliphatic heterocycles. The van der Waals surface area contributed by atoms with E-state index in [9.17, 15) is 4.79 Å². The number of aliphatic imine (C=N–C) groups is 2. The van der Waals surface area contributed by atoms with E-state index in [0.29, 0.717) is 5.57 Å². The summed E-state index contributed by atoms with van der Waals surface area (Å²) in [6, 6.07) is 0. The molecular weight excluding hydrogens is 140 g/mol. The van der Waals surface area contributed by atoms with E-state index < -0.39 is 0 Å². The highest BCUT2D eigenvalue weighted by atomic mass is 16.1. The van der Waals surface area contributed by atoms with Gasteiger partial charge < -0.3 is 0 Å². The summed E-state index contributed by atoms with van der Waals surface area (Å²) in [5, 5.41) is 0. The van der Waals surface area contributed by atoms with Crippen molar-refractivity contribution in [1.82, 2.24) is 0 Å². The summed E-state index contributed by atoms with van der Waals surface area (Å²) in [7, 11) is 0. The maximum atomic E-state index is 10.5. The summed E-state index contributed by atoms with van der Waals surface area (Å²) in [4.78, 5) is 18.5. The molecule has 0 N–H and O–H groups in total. The molecule has 11 heavy (non-hydrogen) atoms. The largest absolute Gasteiger partial charge is 0.298 e. The van der Waals surface area contributed by atoms with Gasteiger partial charge in [-0.25, -0.2) is 9.98 Å². The van der Waals surface area contributed by atoms with Crippen molar-refractivity contribution in [3.8, 4) is 0 Å². The van der Waals surface area contributed by atoms with Gasteiger partial charge in [-0.2, -0.15) is 0 Å². The summed E-state index contributed by atoms with van der Waals surface area (Å²) in [6.07, 6.45) is 6.78. The van der Waals surface area contributed by atoms with Crippen molar-refractivity contribution in [3.05, 3.63) is 23.4 Å². The Bertz CT molecular complexity index is 321. The molecular formula is C8H6N2O. The molecule has 3 heteroatoms. The van der Waals surface area contributed by atoms with E-state index in [0.717, 1.165) is 24.1 Å². The molecule has 3 nitrogen and oxygen atoms in total. The minimum Gasteiger partial charge on any atom is -0.298 e. The molecule has 0 radical (unpaired) electrons. The van der Waals surface area contributed by atoms with E-state index in [-0.39, 0.29) is 0 Å². The Morgan fingerprint density at radius 1 is 1.55 bits per heavy atom. The van der Waals surface area contributed by atoms with Gasteiger partial charge in [-0.3, -0.25) is 4.79 Å². The topological polar surface area (TPSA) is 41.8 Å². The van der Waals surface area contributed by atoms with Gasteiger partial charge in [0.15, 0.2) is 6.29 Å². The first-order valence-electron chi connectivity index (χ1n) is 3.37. The van der Waals surface area contributed by atoms with Gasteiger partial charge in [0.1, 0.15) is 6.34 Å². The predicted molar refractivity (Wildman–Crippen MR) is 42.8 cm³/mol. The lowest BCUT2D eigenvalue weighted by Gasteiger charge is -2.04. The molecule has 0 amide bonds. The van der Waals surface area contributed by atoms with E-state index >= 15 is 0 Å². The average molecular weight is 146 g/mol. The number of allylic oxidation sites excluding steroid dienone is 4. The first-order chi connectivity index (χ1) is 5.42. The number of nitrogens with zero attached hydrogens (tertiary/aromatic N) is 2. The first kappa shape index (κ1) is 6.22. The third kappa shape index (κ3) is 0.852. The van der Waals surface area contributed by atoms with Crippen LogP contribution in [0.1, 0.15) is 6.42 Å². The Hall–Kier alpha value is -1.51. The minimum atomic E-state index is 0.628. The van der Waals surface area contributed by atoms with Gasteiger partial charge in [0.25, 0.3) is 0 Å². The second kappa shape index (κ2) is 2.27. The smallest absolute Gasteiger partial charge is 0.152 e. The molecule has 0 unspecified atom stereocenters. The summed E-state index contributed by atoms with van der Waals surface area (Å²) in [5.41, 5.74) is 2.26. The van der Waals surface area contributed by atoms with Crippen LogP contribution in [0.3, 0.4) is 0 Å². The molecule has 0 spiro atoms. The van der Waals surface area contributed by atoms with E-state index in [1.165, 1.54) is 6.34 Å². The number of carbonyl (C=O) groups excluding carboxylic acids is 1. The van der Waals surface area contributed by atoms with Crippen LogP contribution in [-0.4, -0.2) is 18.3 Å². The Morgan fingerprint density at radius 2 is 2.45 bits per heavy atom. The van der Waals surface area contributed by atoms with Crippen LogP contribution in [-0.2, 0) is 4.79 Å². The first-order valence-corrected chi connectivity index (χ1v) is 3.37.